The van der Waals surface area contributed by atoms with E-state index in [1.54, 1.807) is 6.92 Å². The highest BCUT2D eigenvalue weighted by Crippen LogP contribution is 2.38. The van der Waals surface area contributed by atoms with E-state index >= 15 is 0 Å². The fourth-order valence-electron chi connectivity index (χ4n) is 3.44. The van der Waals surface area contributed by atoms with Gasteiger partial charge < -0.3 is 15.3 Å². The Morgan fingerprint density at radius 2 is 1.95 bits per heavy atom. The number of nitrogens with one attached hydrogen (secondary N) is 1. The Morgan fingerprint density at radius 3 is 2.50 bits per heavy atom. The van der Waals surface area contributed by atoms with Gasteiger partial charge >= 0.3 is 12.0 Å². The summed E-state index contributed by atoms with van der Waals surface area (Å²) in [6, 6.07) is -0.324. The molecule has 2 atom stereocenters. The molecule has 20 heavy (non-hydrogen) atoms. The van der Waals surface area contributed by atoms with E-state index in [2.05, 4.69) is 12.2 Å². The number of piperidine rings is 1. The minimum absolute atomic E-state index is 0.0843. The summed E-state index contributed by atoms with van der Waals surface area (Å²) in [6.07, 6.45) is 5.57. The number of likely N-dealkylation sites (tertiary alicyclic amines) is 1. The molecule has 2 aliphatic rings. The van der Waals surface area contributed by atoms with Crippen molar-refractivity contribution in [2.75, 3.05) is 13.1 Å². The van der Waals surface area contributed by atoms with E-state index in [1.165, 1.54) is 6.42 Å². The third-order valence-corrected chi connectivity index (χ3v) is 5.22. The lowest BCUT2D eigenvalue weighted by atomic mass is 9.85. The Hall–Kier alpha value is -1.26. The van der Waals surface area contributed by atoms with Gasteiger partial charge in [0.2, 0.25) is 0 Å². The van der Waals surface area contributed by atoms with Crippen LogP contribution in [-0.2, 0) is 4.79 Å². The van der Waals surface area contributed by atoms with Crippen LogP contribution in [0.4, 0.5) is 4.79 Å². The number of urea groups is 1. The van der Waals surface area contributed by atoms with Crippen LogP contribution < -0.4 is 5.32 Å². The Kier molecular flexibility index (Phi) is 4.55. The molecule has 0 aromatic rings. The number of rotatable bonds is 3. The molecule has 1 saturated heterocycles. The van der Waals surface area contributed by atoms with Gasteiger partial charge in [-0.3, -0.25) is 4.79 Å². The number of amides is 2. The van der Waals surface area contributed by atoms with Gasteiger partial charge in [-0.15, -0.1) is 0 Å². The van der Waals surface area contributed by atoms with Gasteiger partial charge in [-0.05, 0) is 38.5 Å². The van der Waals surface area contributed by atoms with Crippen molar-refractivity contribution in [1.29, 1.82) is 0 Å². The van der Waals surface area contributed by atoms with Gasteiger partial charge in [-0.25, -0.2) is 4.79 Å². The van der Waals surface area contributed by atoms with Gasteiger partial charge in [0.05, 0.1) is 5.41 Å². The van der Waals surface area contributed by atoms with E-state index in [0.717, 1.165) is 44.7 Å². The van der Waals surface area contributed by atoms with Crippen LogP contribution in [0.15, 0.2) is 0 Å². The van der Waals surface area contributed by atoms with Crippen molar-refractivity contribution < 1.29 is 14.7 Å². The van der Waals surface area contributed by atoms with E-state index in [9.17, 15) is 14.7 Å². The first-order valence-electron chi connectivity index (χ1n) is 7.76. The molecule has 0 aromatic carbocycles. The smallest absolute Gasteiger partial charge is 0.317 e. The number of nitrogens with zero attached hydrogens (tertiary/aromatic N) is 1. The predicted octanol–water partition coefficient (Wildman–Crippen LogP) is 2.46. The summed E-state index contributed by atoms with van der Waals surface area (Å²) in [7, 11) is 0. The summed E-state index contributed by atoms with van der Waals surface area (Å²) < 4.78 is 0. The number of hydrogen-bond donors (Lipinski definition) is 2. The summed E-state index contributed by atoms with van der Waals surface area (Å²) >= 11 is 0. The Bertz CT molecular complexity index is 377. The largest absolute Gasteiger partial charge is 0.481 e. The molecule has 5 nitrogen and oxygen atoms in total. The molecule has 2 rings (SSSR count). The molecular weight excluding hydrogens is 256 g/mol. The van der Waals surface area contributed by atoms with E-state index in [-0.39, 0.29) is 12.1 Å². The molecule has 2 unspecified atom stereocenters. The van der Waals surface area contributed by atoms with Crippen LogP contribution in [0.1, 0.15) is 52.4 Å². The Labute approximate surface area is 120 Å². The van der Waals surface area contributed by atoms with Crippen molar-refractivity contribution in [3.05, 3.63) is 0 Å². The first-order valence-corrected chi connectivity index (χ1v) is 7.76. The molecule has 1 aliphatic carbocycles. The van der Waals surface area contributed by atoms with Gasteiger partial charge in [0, 0.05) is 19.1 Å². The standard InChI is InChI=1S/C15H26N2O3/c1-3-11-6-9-17(10-7-11)14(20)16-12-5-4-8-15(12,2)13(18)19/h11-12H,3-10H2,1-2H3,(H,16,20)(H,18,19). The van der Waals surface area contributed by atoms with E-state index in [4.69, 9.17) is 0 Å². The molecule has 0 spiro atoms. The average Bonchev–Trinajstić information content (AvgIpc) is 2.81. The second kappa shape index (κ2) is 6.02. The topological polar surface area (TPSA) is 69.6 Å². The summed E-state index contributed by atoms with van der Waals surface area (Å²) in [6.45, 7) is 5.52. The van der Waals surface area contributed by atoms with E-state index in [0.29, 0.717) is 6.42 Å². The van der Waals surface area contributed by atoms with Crippen LogP contribution in [0.2, 0.25) is 0 Å². The monoisotopic (exact) mass is 282 g/mol. The summed E-state index contributed by atoms with van der Waals surface area (Å²) in [5, 5.41) is 12.3. The zero-order chi connectivity index (χ0) is 14.8. The van der Waals surface area contributed by atoms with Gasteiger partial charge in [-0.2, -0.15) is 0 Å². The number of carbonyl (C=O) groups excluding carboxylic acids is 1. The first-order chi connectivity index (χ1) is 9.47. The molecule has 1 saturated carbocycles. The minimum atomic E-state index is -0.808. The molecule has 1 aliphatic heterocycles. The summed E-state index contributed by atoms with van der Waals surface area (Å²) in [4.78, 5) is 25.5. The Morgan fingerprint density at radius 1 is 1.30 bits per heavy atom. The number of carboxylic acids is 1. The molecule has 2 fully saturated rings. The third-order valence-electron chi connectivity index (χ3n) is 5.22. The molecular formula is C15H26N2O3. The first kappa shape index (κ1) is 15.1. The molecule has 1 heterocycles. The van der Waals surface area contributed by atoms with Crippen molar-refractivity contribution >= 4 is 12.0 Å². The van der Waals surface area contributed by atoms with Crippen molar-refractivity contribution in [2.24, 2.45) is 11.3 Å². The maximum absolute atomic E-state index is 12.3. The van der Waals surface area contributed by atoms with Crippen molar-refractivity contribution in [3.8, 4) is 0 Å². The zero-order valence-electron chi connectivity index (χ0n) is 12.5. The lowest BCUT2D eigenvalue weighted by Gasteiger charge is -2.34. The summed E-state index contributed by atoms with van der Waals surface area (Å²) in [5.74, 6) is -0.0696. The fraction of sp³-hybridized carbons (Fsp3) is 0.867. The fourth-order valence-corrected chi connectivity index (χ4v) is 3.44. The van der Waals surface area contributed by atoms with Crippen LogP contribution in [0.3, 0.4) is 0 Å². The van der Waals surface area contributed by atoms with E-state index in [1.807, 2.05) is 4.90 Å². The van der Waals surface area contributed by atoms with Crippen molar-refractivity contribution in [2.45, 2.75) is 58.4 Å². The average molecular weight is 282 g/mol. The van der Waals surface area contributed by atoms with E-state index < -0.39 is 11.4 Å². The maximum Gasteiger partial charge on any atom is 0.317 e. The molecule has 0 aromatic heterocycles. The quantitative estimate of drug-likeness (QED) is 0.835. The normalized spacial score (nSPS) is 31.3. The Balaban J connectivity index is 1.90. The number of hydrogen-bond acceptors (Lipinski definition) is 2. The number of aliphatic carboxylic acids is 1. The highest BCUT2D eigenvalue weighted by molar-refractivity contribution is 5.79. The molecule has 2 N–H and O–H groups in total. The van der Waals surface area contributed by atoms with Crippen molar-refractivity contribution in [3.63, 3.8) is 0 Å². The van der Waals surface area contributed by atoms with Gasteiger partial charge in [-0.1, -0.05) is 19.8 Å². The molecule has 0 bridgehead atoms. The van der Waals surface area contributed by atoms with Gasteiger partial charge in [0.25, 0.3) is 0 Å². The van der Waals surface area contributed by atoms with Gasteiger partial charge in [0.1, 0.15) is 0 Å². The molecule has 5 heteroatoms. The predicted molar refractivity (Wildman–Crippen MR) is 76.5 cm³/mol. The second-order valence-corrected chi connectivity index (χ2v) is 6.46. The van der Waals surface area contributed by atoms with Crippen LogP contribution in [0.25, 0.3) is 0 Å². The van der Waals surface area contributed by atoms with Crippen molar-refractivity contribution in [1.82, 2.24) is 10.2 Å². The van der Waals surface area contributed by atoms with Crippen LogP contribution in [0, 0.1) is 11.3 Å². The number of carboxylic acid groups (broad SMARTS) is 1. The van der Waals surface area contributed by atoms with Gasteiger partial charge in [0.15, 0.2) is 0 Å². The van der Waals surface area contributed by atoms with Crippen LogP contribution in [-0.4, -0.2) is 41.1 Å². The second-order valence-electron chi connectivity index (χ2n) is 6.46. The molecule has 114 valence electrons. The SMILES string of the molecule is CCC1CCN(C(=O)NC2CCCC2(C)C(=O)O)CC1. The number of carbonyl (C=O) groups is 2. The minimum Gasteiger partial charge on any atom is -0.481 e. The third kappa shape index (κ3) is 2.91. The summed E-state index contributed by atoms with van der Waals surface area (Å²) in [5.41, 5.74) is -0.808. The lowest BCUT2D eigenvalue weighted by Crippen LogP contribution is -2.52. The highest BCUT2D eigenvalue weighted by atomic mass is 16.4. The maximum atomic E-state index is 12.3. The molecule has 2 amide bonds. The zero-order valence-corrected chi connectivity index (χ0v) is 12.5. The van der Waals surface area contributed by atoms with Crippen LogP contribution in [0.5, 0.6) is 0 Å². The lowest BCUT2D eigenvalue weighted by molar-refractivity contribution is -0.148. The highest BCUT2D eigenvalue weighted by Gasteiger charge is 2.46. The molecule has 0 radical (unpaired) electrons. The van der Waals surface area contributed by atoms with Crippen LogP contribution >= 0.6 is 0 Å².